The van der Waals surface area contributed by atoms with Crippen molar-refractivity contribution < 1.29 is 14.3 Å². The highest BCUT2D eigenvalue weighted by Crippen LogP contribution is 2.52. The molecule has 0 radical (unpaired) electrons. The molecule has 0 spiro atoms. The number of hydrogen-bond donors (Lipinski definition) is 0. The number of allylic oxidation sites excluding steroid dienone is 1. The van der Waals surface area contributed by atoms with E-state index in [-0.39, 0.29) is 17.5 Å². The average Bonchev–Trinajstić information content (AvgIpc) is 2.26. The second-order valence-electron chi connectivity index (χ2n) is 6.04. The summed E-state index contributed by atoms with van der Waals surface area (Å²) in [5.74, 6) is 1.12. The van der Waals surface area contributed by atoms with Crippen LogP contribution in [0.25, 0.3) is 0 Å². The van der Waals surface area contributed by atoms with E-state index >= 15 is 0 Å². The lowest BCUT2D eigenvalue weighted by atomic mass is 9.56. The number of hydrogen-bond acceptors (Lipinski definition) is 3. The first-order valence-electron chi connectivity index (χ1n) is 6.82. The second-order valence-corrected chi connectivity index (χ2v) is 6.04. The Bertz CT molecular complexity index is 374. The SMILES string of the molecule is CC(=O)OC[C@@]12CO[C@@H](C)[C@H](C(C)=C[C@@H]1C)[C@H]2C. The standard InChI is InChI=1S/C15H24O3/c1-9-6-10(2)15(8-18-13(5)16)7-17-12(4)14(9)11(15)3/h6,10-12,14H,7-8H2,1-5H3/t10-,11+,12-,14+,15-/m0/s1. The molecule has 0 aromatic rings. The van der Waals surface area contributed by atoms with E-state index in [2.05, 4.69) is 33.8 Å². The fourth-order valence-corrected chi connectivity index (χ4v) is 3.81. The Morgan fingerprint density at radius 1 is 1.50 bits per heavy atom. The molecule has 2 rings (SSSR count). The normalized spacial score (nSPS) is 43.3. The molecular formula is C15H24O3. The maximum atomic E-state index is 11.1. The monoisotopic (exact) mass is 252 g/mol. The smallest absolute Gasteiger partial charge is 0.302 e. The van der Waals surface area contributed by atoms with Crippen LogP contribution in [0.3, 0.4) is 0 Å². The molecule has 1 aliphatic heterocycles. The largest absolute Gasteiger partial charge is 0.465 e. The zero-order valence-corrected chi connectivity index (χ0v) is 12.0. The van der Waals surface area contributed by atoms with Gasteiger partial charge >= 0.3 is 5.97 Å². The summed E-state index contributed by atoms with van der Waals surface area (Å²) in [7, 11) is 0. The van der Waals surface area contributed by atoms with Gasteiger partial charge in [-0.05, 0) is 25.7 Å². The van der Waals surface area contributed by atoms with Gasteiger partial charge in [-0.15, -0.1) is 0 Å². The third kappa shape index (κ3) is 1.99. The molecule has 0 N–H and O–H groups in total. The van der Waals surface area contributed by atoms with E-state index < -0.39 is 0 Å². The number of rotatable bonds is 2. The van der Waals surface area contributed by atoms with Gasteiger partial charge in [-0.25, -0.2) is 0 Å². The molecule has 5 atom stereocenters. The van der Waals surface area contributed by atoms with Crippen LogP contribution in [-0.4, -0.2) is 25.3 Å². The minimum Gasteiger partial charge on any atom is -0.465 e. The quantitative estimate of drug-likeness (QED) is 0.560. The van der Waals surface area contributed by atoms with Crippen LogP contribution in [0.1, 0.15) is 34.6 Å². The predicted molar refractivity (Wildman–Crippen MR) is 70.1 cm³/mol. The highest BCUT2D eigenvalue weighted by molar-refractivity contribution is 5.65. The van der Waals surface area contributed by atoms with Crippen LogP contribution >= 0.6 is 0 Å². The minimum absolute atomic E-state index is 0.0532. The van der Waals surface area contributed by atoms with Gasteiger partial charge < -0.3 is 9.47 Å². The fraction of sp³-hybridized carbons (Fsp3) is 0.800. The Kier molecular flexibility index (Phi) is 3.54. The van der Waals surface area contributed by atoms with Gasteiger partial charge in [0.25, 0.3) is 0 Å². The molecule has 2 bridgehead atoms. The summed E-state index contributed by atoms with van der Waals surface area (Å²) < 4.78 is 11.3. The van der Waals surface area contributed by atoms with Crippen molar-refractivity contribution in [2.75, 3.05) is 13.2 Å². The highest BCUT2D eigenvalue weighted by Gasteiger charge is 2.53. The topological polar surface area (TPSA) is 35.5 Å². The summed E-state index contributed by atoms with van der Waals surface area (Å²) in [5, 5.41) is 0. The number of fused-ring (bicyclic) bond motifs is 2. The van der Waals surface area contributed by atoms with Gasteiger partial charge in [0, 0.05) is 18.3 Å². The molecule has 0 aromatic carbocycles. The Morgan fingerprint density at radius 2 is 2.17 bits per heavy atom. The van der Waals surface area contributed by atoms with E-state index in [1.165, 1.54) is 12.5 Å². The summed E-state index contributed by atoms with van der Waals surface area (Å²) in [6.07, 6.45) is 2.60. The maximum Gasteiger partial charge on any atom is 0.302 e. The van der Waals surface area contributed by atoms with Gasteiger partial charge in [0.1, 0.15) is 0 Å². The predicted octanol–water partition coefficient (Wildman–Crippen LogP) is 2.80. The van der Waals surface area contributed by atoms with Gasteiger partial charge in [-0.3, -0.25) is 4.79 Å². The average molecular weight is 252 g/mol. The van der Waals surface area contributed by atoms with Crippen LogP contribution < -0.4 is 0 Å². The highest BCUT2D eigenvalue weighted by atomic mass is 16.5. The Labute approximate surface area is 110 Å². The zero-order chi connectivity index (χ0) is 13.5. The van der Waals surface area contributed by atoms with E-state index in [9.17, 15) is 4.79 Å². The molecule has 3 heteroatoms. The van der Waals surface area contributed by atoms with E-state index in [4.69, 9.17) is 9.47 Å². The van der Waals surface area contributed by atoms with Crippen LogP contribution in [0.2, 0.25) is 0 Å². The zero-order valence-electron chi connectivity index (χ0n) is 12.0. The first-order valence-corrected chi connectivity index (χ1v) is 6.82. The van der Waals surface area contributed by atoms with Crippen molar-refractivity contribution in [3.8, 4) is 0 Å². The molecule has 0 amide bonds. The lowest BCUT2D eigenvalue weighted by Crippen LogP contribution is -2.56. The molecule has 0 aromatic heterocycles. The molecule has 102 valence electrons. The van der Waals surface area contributed by atoms with Crippen molar-refractivity contribution in [2.24, 2.45) is 23.2 Å². The molecule has 0 unspecified atom stereocenters. The second kappa shape index (κ2) is 4.69. The van der Waals surface area contributed by atoms with E-state index in [1.54, 1.807) is 0 Å². The van der Waals surface area contributed by atoms with E-state index in [0.29, 0.717) is 31.0 Å². The van der Waals surface area contributed by atoms with Crippen molar-refractivity contribution in [1.82, 2.24) is 0 Å². The first-order chi connectivity index (χ1) is 8.38. The molecule has 0 saturated carbocycles. The fourth-order valence-electron chi connectivity index (χ4n) is 3.81. The molecule has 2 aliphatic rings. The first kappa shape index (κ1) is 13.6. The van der Waals surface area contributed by atoms with Crippen LogP contribution in [0, 0.1) is 23.2 Å². The number of esters is 1. The molecular weight excluding hydrogens is 228 g/mol. The lowest BCUT2D eigenvalue weighted by Gasteiger charge is -2.54. The summed E-state index contributed by atoms with van der Waals surface area (Å²) in [4.78, 5) is 11.1. The lowest BCUT2D eigenvalue weighted by molar-refractivity contribution is -0.175. The molecule has 1 heterocycles. The van der Waals surface area contributed by atoms with E-state index in [0.717, 1.165) is 0 Å². The van der Waals surface area contributed by atoms with Gasteiger partial charge in [0.05, 0.1) is 19.3 Å². The Hall–Kier alpha value is -0.830. The van der Waals surface area contributed by atoms with Crippen LogP contribution in [0.4, 0.5) is 0 Å². The van der Waals surface area contributed by atoms with Crippen LogP contribution in [0.15, 0.2) is 11.6 Å². The molecule has 1 aliphatic carbocycles. The third-order valence-corrected chi connectivity index (χ3v) is 5.06. The van der Waals surface area contributed by atoms with Gasteiger partial charge in [0.2, 0.25) is 0 Å². The van der Waals surface area contributed by atoms with Crippen molar-refractivity contribution in [1.29, 1.82) is 0 Å². The van der Waals surface area contributed by atoms with Crippen molar-refractivity contribution in [2.45, 2.75) is 40.7 Å². The number of carbonyl (C=O) groups is 1. The molecule has 3 nitrogen and oxygen atoms in total. The van der Waals surface area contributed by atoms with Crippen LogP contribution in [0.5, 0.6) is 0 Å². The van der Waals surface area contributed by atoms with Gasteiger partial charge in [-0.1, -0.05) is 25.5 Å². The number of ether oxygens (including phenoxy) is 2. The molecule has 1 saturated heterocycles. The summed E-state index contributed by atoms with van der Waals surface area (Å²) in [6, 6.07) is 0. The maximum absolute atomic E-state index is 11.1. The van der Waals surface area contributed by atoms with Crippen molar-refractivity contribution in [3.63, 3.8) is 0 Å². The van der Waals surface area contributed by atoms with Crippen LogP contribution in [-0.2, 0) is 14.3 Å². The van der Waals surface area contributed by atoms with E-state index in [1.807, 2.05) is 0 Å². The van der Waals surface area contributed by atoms with Crippen molar-refractivity contribution in [3.05, 3.63) is 11.6 Å². The summed E-state index contributed by atoms with van der Waals surface area (Å²) >= 11 is 0. The Balaban J connectivity index is 2.31. The van der Waals surface area contributed by atoms with Crippen molar-refractivity contribution >= 4 is 5.97 Å². The minimum atomic E-state index is -0.203. The summed E-state index contributed by atoms with van der Waals surface area (Å²) in [6.45, 7) is 11.4. The third-order valence-electron chi connectivity index (χ3n) is 5.06. The van der Waals surface area contributed by atoms with Gasteiger partial charge in [-0.2, -0.15) is 0 Å². The summed E-state index contributed by atoms with van der Waals surface area (Å²) in [5.41, 5.74) is 1.36. The molecule has 18 heavy (non-hydrogen) atoms. The number of carbonyl (C=O) groups excluding carboxylic acids is 1. The molecule has 1 fully saturated rings. The Morgan fingerprint density at radius 3 is 2.78 bits per heavy atom. The van der Waals surface area contributed by atoms with Gasteiger partial charge in [0.15, 0.2) is 0 Å².